The van der Waals surface area contributed by atoms with E-state index in [1.54, 1.807) is 31.2 Å². The Labute approximate surface area is 205 Å². The van der Waals surface area contributed by atoms with Gasteiger partial charge in [-0.15, -0.1) is 0 Å². The SMILES string of the molecule is COc1ccc(C(=O)N/C(=C/c2ccc([N+](=O)[O-])cc2)C(=O)Nc2cc(Cl)ccc2C)c(Cl)c1. The molecule has 3 aromatic carbocycles. The van der Waals surface area contributed by atoms with E-state index in [4.69, 9.17) is 27.9 Å². The van der Waals surface area contributed by atoms with Gasteiger partial charge in [-0.1, -0.05) is 29.3 Å². The highest BCUT2D eigenvalue weighted by atomic mass is 35.5. The van der Waals surface area contributed by atoms with Crippen LogP contribution in [0.15, 0.2) is 66.4 Å². The van der Waals surface area contributed by atoms with Crippen molar-refractivity contribution in [2.24, 2.45) is 0 Å². The summed E-state index contributed by atoms with van der Waals surface area (Å²) in [6.45, 7) is 1.79. The van der Waals surface area contributed by atoms with Gasteiger partial charge in [0.25, 0.3) is 17.5 Å². The number of methoxy groups -OCH3 is 1. The fourth-order valence-corrected chi connectivity index (χ4v) is 3.36. The zero-order valence-electron chi connectivity index (χ0n) is 18.1. The van der Waals surface area contributed by atoms with Gasteiger partial charge in [0, 0.05) is 22.8 Å². The van der Waals surface area contributed by atoms with Crippen molar-refractivity contribution in [1.82, 2.24) is 5.32 Å². The monoisotopic (exact) mass is 499 g/mol. The third kappa shape index (κ3) is 6.12. The Morgan fingerprint density at radius 3 is 2.35 bits per heavy atom. The molecule has 0 heterocycles. The summed E-state index contributed by atoms with van der Waals surface area (Å²) in [5.74, 6) is -0.780. The second kappa shape index (κ2) is 10.8. The van der Waals surface area contributed by atoms with E-state index in [-0.39, 0.29) is 22.0 Å². The zero-order valence-corrected chi connectivity index (χ0v) is 19.6. The number of anilines is 1. The number of aryl methyl sites for hydroxylation is 1. The van der Waals surface area contributed by atoms with Crippen molar-refractivity contribution in [2.75, 3.05) is 12.4 Å². The Morgan fingerprint density at radius 1 is 1.03 bits per heavy atom. The molecule has 174 valence electrons. The fourth-order valence-electron chi connectivity index (χ4n) is 2.93. The fraction of sp³-hybridized carbons (Fsp3) is 0.0833. The lowest BCUT2D eigenvalue weighted by atomic mass is 10.1. The molecule has 2 N–H and O–H groups in total. The molecule has 0 aliphatic heterocycles. The number of hydrogen-bond donors (Lipinski definition) is 2. The highest BCUT2D eigenvalue weighted by molar-refractivity contribution is 6.34. The predicted octanol–water partition coefficient (Wildman–Crippen LogP) is 5.63. The van der Waals surface area contributed by atoms with E-state index < -0.39 is 16.7 Å². The van der Waals surface area contributed by atoms with Gasteiger partial charge in [0.2, 0.25) is 0 Å². The Morgan fingerprint density at radius 2 is 1.74 bits per heavy atom. The molecule has 0 aliphatic rings. The molecule has 0 spiro atoms. The van der Waals surface area contributed by atoms with Crippen LogP contribution in [0.25, 0.3) is 6.08 Å². The van der Waals surface area contributed by atoms with E-state index in [9.17, 15) is 19.7 Å². The van der Waals surface area contributed by atoms with Crippen molar-refractivity contribution in [2.45, 2.75) is 6.92 Å². The summed E-state index contributed by atoms with van der Waals surface area (Å²) in [7, 11) is 1.47. The smallest absolute Gasteiger partial charge is 0.272 e. The number of benzene rings is 3. The van der Waals surface area contributed by atoms with Gasteiger partial charge in [-0.3, -0.25) is 19.7 Å². The van der Waals surface area contributed by atoms with Crippen molar-refractivity contribution < 1.29 is 19.2 Å². The van der Waals surface area contributed by atoms with Crippen molar-refractivity contribution in [3.05, 3.63) is 103 Å². The minimum absolute atomic E-state index is 0.105. The maximum absolute atomic E-state index is 13.1. The van der Waals surface area contributed by atoms with E-state index in [0.717, 1.165) is 5.56 Å². The first-order valence-corrected chi connectivity index (χ1v) is 10.6. The number of rotatable bonds is 7. The molecule has 0 bridgehead atoms. The largest absolute Gasteiger partial charge is 0.497 e. The van der Waals surface area contributed by atoms with Crippen LogP contribution >= 0.6 is 23.2 Å². The second-order valence-corrected chi connectivity index (χ2v) is 7.96. The summed E-state index contributed by atoms with van der Waals surface area (Å²) < 4.78 is 5.09. The van der Waals surface area contributed by atoms with Crippen molar-refractivity contribution in [1.29, 1.82) is 0 Å². The summed E-state index contributed by atoms with van der Waals surface area (Å²) in [5, 5.41) is 16.8. The van der Waals surface area contributed by atoms with Crippen LogP contribution < -0.4 is 15.4 Å². The normalized spacial score (nSPS) is 11.0. The average molecular weight is 500 g/mol. The molecule has 2 amide bonds. The first-order valence-electron chi connectivity index (χ1n) is 9.86. The van der Waals surface area contributed by atoms with Gasteiger partial charge in [0.15, 0.2) is 0 Å². The number of halogens is 2. The molecular formula is C24H19Cl2N3O5. The summed E-state index contributed by atoms with van der Waals surface area (Å²) in [5.41, 5.74) is 1.60. The third-order valence-corrected chi connectivity index (χ3v) is 5.32. The number of hydrogen-bond acceptors (Lipinski definition) is 5. The van der Waals surface area contributed by atoms with Crippen LogP contribution in [0.5, 0.6) is 5.75 Å². The van der Waals surface area contributed by atoms with Gasteiger partial charge < -0.3 is 15.4 Å². The van der Waals surface area contributed by atoms with Gasteiger partial charge in [-0.05, 0) is 66.6 Å². The minimum atomic E-state index is -0.626. The van der Waals surface area contributed by atoms with Crippen LogP contribution in [-0.2, 0) is 4.79 Å². The number of carbonyl (C=O) groups excluding carboxylic acids is 2. The van der Waals surface area contributed by atoms with Crippen molar-refractivity contribution >= 4 is 52.5 Å². The molecule has 0 saturated carbocycles. The highest BCUT2D eigenvalue weighted by Crippen LogP contribution is 2.24. The lowest BCUT2D eigenvalue weighted by Crippen LogP contribution is -2.31. The van der Waals surface area contributed by atoms with Gasteiger partial charge in [-0.25, -0.2) is 0 Å². The van der Waals surface area contributed by atoms with E-state index in [1.807, 2.05) is 0 Å². The Hall–Kier alpha value is -3.88. The van der Waals surface area contributed by atoms with Crippen LogP contribution in [-0.4, -0.2) is 23.8 Å². The number of amides is 2. The quantitative estimate of drug-likeness (QED) is 0.248. The highest BCUT2D eigenvalue weighted by Gasteiger charge is 2.18. The van der Waals surface area contributed by atoms with E-state index in [2.05, 4.69) is 10.6 Å². The number of carbonyl (C=O) groups is 2. The topological polar surface area (TPSA) is 111 Å². The first kappa shape index (κ1) is 24.8. The van der Waals surface area contributed by atoms with E-state index in [1.165, 1.54) is 49.6 Å². The molecule has 10 heteroatoms. The molecular weight excluding hydrogens is 481 g/mol. The molecule has 0 saturated heterocycles. The molecule has 0 aliphatic carbocycles. The Bertz CT molecular complexity index is 1290. The Balaban J connectivity index is 1.95. The zero-order chi connectivity index (χ0) is 24.8. The minimum Gasteiger partial charge on any atom is -0.497 e. The van der Waals surface area contributed by atoms with E-state index >= 15 is 0 Å². The molecule has 0 aromatic heterocycles. The second-order valence-electron chi connectivity index (χ2n) is 7.12. The molecule has 0 radical (unpaired) electrons. The number of ether oxygens (including phenoxy) is 1. The molecule has 34 heavy (non-hydrogen) atoms. The van der Waals surface area contributed by atoms with Gasteiger partial charge in [0.05, 0.1) is 22.6 Å². The molecule has 3 aromatic rings. The van der Waals surface area contributed by atoms with Crippen LogP contribution in [0.4, 0.5) is 11.4 Å². The van der Waals surface area contributed by atoms with Crippen LogP contribution in [0.3, 0.4) is 0 Å². The summed E-state index contributed by atoms with van der Waals surface area (Å²) >= 11 is 12.2. The molecule has 0 atom stereocenters. The summed E-state index contributed by atoms with van der Waals surface area (Å²) in [4.78, 5) is 36.4. The first-order chi connectivity index (χ1) is 16.2. The molecule has 3 rings (SSSR count). The van der Waals surface area contributed by atoms with E-state index in [0.29, 0.717) is 22.0 Å². The van der Waals surface area contributed by atoms with Crippen LogP contribution in [0.1, 0.15) is 21.5 Å². The van der Waals surface area contributed by atoms with Crippen molar-refractivity contribution in [3.8, 4) is 5.75 Å². The number of nitrogens with zero attached hydrogens (tertiary/aromatic N) is 1. The van der Waals surface area contributed by atoms with Crippen LogP contribution in [0, 0.1) is 17.0 Å². The third-order valence-electron chi connectivity index (χ3n) is 4.78. The standard InChI is InChI=1S/C24H19Cl2N3O5/c1-14-3-6-16(25)12-21(14)27-24(31)22(11-15-4-7-17(8-5-15)29(32)33)28-23(30)19-10-9-18(34-2)13-20(19)26/h3-13H,1-2H3,(H,27,31)(H,28,30)/b22-11+. The lowest BCUT2D eigenvalue weighted by molar-refractivity contribution is -0.384. The molecule has 8 nitrogen and oxygen atoms in total. The number of nitro groups is 1. The van der Waals surface area contributed by atoms with Gasteiger partial charge in [0.1, 0.15) is 11.4 Å². The summed E-state index contributed by atoms with van der Waals surface area (Å²) in [6.07, 6.45) is 1.40. The predicted molar refractivity (Wildman–Crippen MR) is 131 cm³/mol. The average Bonchev–Trinajstić information content (AvgIpc) is 2.81. The van der Waals surface area contributed by atoms with Crippen molar-refractivity contribution in [3.63, 3.8) is 0 Å². The Kier molecular flexibility index (Phi) is 7.88. The summed E-state index contributed by atoms with van der Waals surface area (Å²) in [6, 6.07) is 15.0. The molecule has 0 fully saturated rings. The number of nitro benzene ring substituents is 1. The number of nitrogens with one attached hydrogen (secondary N) is 2. The number of non-ortho nitro benzene ring substituents is 1. The maximum Gasteiger partial charge on any atom is 0.272 e. The van der Waals surface area contributed by atoms with Crippen LogP contribution in [0.2, 0.25) is 10.0 Å². The maximum atomic E-state index is 13.1. The lowest BCUT2D eigenvalue weighted by Gasteiger charge is -2.14. The molecule has 0 unspecified atom stereocenters. The van der Waals surface area contributed by atoms with Gasteiger partial charge in [-0.2, -0.15) is 0 Å². The van der Waals surface area contributed by atoms with Gasteiger partial charge >= 0.3 is 0 Å².